The Hall–Kier alpha value is -0.610. The SMILES string of the molecule is Cc1cc(Br)c(F)cc1NC1CCCC1C1CCCN1. The minimum Gasteiger partial charge on any atom is -0.382 e. The standard InChI is InChI=1S/C16H22BrFN2/c1-10-8-12(17)13(18)9-16(10)20-15-5-2-4-11(15)14-6-3-7-19-14/h8-9,11,14-15,19-20H,2-7H2,1H3. The van der Waals surface area contributed by atoms with E-state index in [1.54, 1.807) is 6.07 Å². The average molecular weight is 341 g/mol. The molecule has 1 aliphatic heterocycles. The Morgan fingerprint density at radius 1 is 1.25 bits per heavy atom. The molecule has 3 unspecified atom stereocenters. The molecule has 20 heavy (non-hydrogen) atoms. The summed E-state index contributed by atoms with van der Waals surface area (Å²) in [6.45, 7) is 3.18. The van der Waals surface area contributed by atoms with Crippen molar-refractivity contribution < 1.29 is 4.39 Å². The van der Waals surface area contributed by atoms with Crippen LogP contribution in [0.2, 0.25) is 0 Å². The fourth-order valence-corrected chi connectivity index (χ4v) is 4.19. The lowest BCUT2D eigenvalue weighted by Gasteiger charge is -2.28. The number of rotatable bonds is 3. The molecule has 3 rings (SSSR count). The third kappa shape index (κ3) is 2.86. The summed E-state index contributed by atoms with van der Waals surface area (Å²) in [5.74, 6) is 0.496. The lowest BCUT2D eigenvalue weighted by molar-refractivity contribution is 0.376. The van der Waals surface area contributed by atoms with Crippen molar-refractivity contribution in [1.29, 1.82) is 0 Å². The van der Waals surface area contributed by atoms with Crippen molar-refractivity contribution in [2.45, 2.75) is 51.1 Å². The molecule has 2 nitrogen and oxygen atoms in total. The number of hydrogen-bond donors (Lipinski definition) is 2. The Morgan fingerprint density at radius 3 is 2.85 bits per heavy atom. The number of nitrogens with one attached hydrogen (secondary N) is 2. The largest absolute Gasteiger partial charge is 0.382 e. The van der Waals surface area contributed by atoms with Crippen molar-refractivity contribution in [2.24, 2.45) is 5.92 Å². The van der Waals surface area contributed by atoms with Crippen LogP contribution in [-0.4, -0.2) is 18.6 Å². The molecule has 110 valence electrons. The van der Waals surface area contributed by atoms with E-state index in [4.69, 9.17) is 0 Å². The fourth-order valence-electron chi connectivity index (χ4n) is 3.73. The van der Waals surface area contributed by atoms with Crippen LogP contribution in [0.15, 0.2) is 16.6 Å². The fraction of sp³-hybridized carbons (Fsp3) is 0.625. The normalized spacial score (nSPS) is 29.9. The Kier molecular flexibility index (Phi) is 4.32. The number of halogens is 2. The molecule has 0 amide bonds. The minimum absolute atomic E-state index is 0.188. The Labute approximate surface area is 128 Å². The van der Waals surface area contributed by atoms with Crippen molar-refractivity contribution in [1.82, 2.24) is 5.32 Å². The second kappa shape index (κ2) is 6.02. The van der Waals surface area contributed by atoms with Crippen LogP contribution < -0.4 is 10.6 Å². The van der Waals surface area contributed by atoms with E-state index in [0.717, 1.165) is 17.8 Å². The predicted octanol–water partition coefficient (Wildman–Crippen LogP) is 4.23. The van der Waals surface area contributed by atoms with E-state index in [2.05, 4.69) is 26.6 Å². The summed E-state index contributed by atoms with van der Waals surface area (Å²) in [5.41, 5.74) is 2.05. The van der Waals surface area contributed by atoms with Gasteiger partial charge in [-0.3, -0.25) is 0 Å². The lowest BCUT2D eigenvalue weighted by atomic mass is 9.93. The maximum absolute atomic E-state index is 13.7. The molecule has 1 aromatic carbocycles. The number of hydrogen-bond acceptors (Lipinski definition) is 2. The highest BCUT2D eigenvalue weighted by atomic mass is 79.9. The second-order valence-electron chi connectivity index (χ2n) is 6.13. The number of benzene rings is 1. The molecule has 2 aliphatic rings. The quantitative estimate of drug-likeness (QED) is 0.860. The van der Waals surface area contributed by atoms with Crippen LogP contribution in [0.5, 0.6) is 0 Å². The van der Waals surface area contributed by atoms with E-state index in [0.29, 0.717) is 22.5 Å². The van der Waals surface area contributed by atoms with Crippen LogP contribution in [0.25, 0.3) is 0 Å². The zero-order valence-corrected chi connectivity index (χ0v) is 13.5. The molecule has 0 radical (unpaired) electrons. The molecule has 1 saturated heterocycles. The topological polar surface area (TPSA) is 24.1 Å². The molecule has 2 fully saturated rings. The van der Waals surface area contributed by atoms with Crippen molar-refractivity contribution >= 4 is 21.6 Å². The monoisotopic (exact) mass is 340 g/mol. The molecular weight excluding hydrogens is 319 g/mol. The maximum Gasteiger partial charge on any atom is 0.139 e. The Morgan fingerprint density at radius 2 is 2.10 bits per heavy atom. The van der Waals surface area contributed by atoms with Gasteiger partial charge in [0.1, 0.15) is 5.82 Å². The van der Waals surface area contributed by atoms with Gasteiger partial charge in [-0.05, 0) is 78.7 Å². The summed E-state index contributed by atoms with van der Waals surface area (Å²) in [5, 5.41) is 7.23. The molecule has 3 atom stereocenters. The van der Waals surface area contributed by atoms with Crippen molar-refractivity contribution in [3.05, 3.63) is 28.0 Å². The molecule has 1 aromatic rings. The summed E-state index contributed by atoms with van der Waals surface area (Å²) in [7, 11) is 0. The van der Waals surface area contributed by atoms with E-state index in [-0.39, 0.29) is 5.82 Å². The first-order valence-corrected chi connectivity index (χ1v) is 8.40. The van der Waals surface area contributed by atoms with Crippen LogP contribution in [0.4, 0.5) is 10.1 Å². The second-order valence-corrected chi connectivity index (χ2v) is 6.98. The zero-order valence-electron chi connectivity index (χ0n) is 11.9. The molecule has 4 heteroatoms. The zero-order chi connectivity index (χ0) is 14.1. The Balaban J connectivity index is 1.74. The van der Waals surface area contributed by atoms with Crippen LogP contribution in [0.1, 0.15) is 37.7 Å². The predicted molar refractivity (Wildman–Crippen MR) is 84.6 cm³/mol. The van der Waals surface area contributed by atoms with Crippen molar-refractivity contribution in [3.8, 4) is 0 Å². The van der Waals surface area contributed by atoms with E-state index < -0.39 is 0 Å². The third-order valence-electron chi connectivity index (χ3n) is 4.79. The highest BCUT2D eigenvalue weighted by Crippen LogP contribution is 2.35. The van der Waals surface area contributed by atoms with E-state index in [1.807, 2.05) is 13.0 Å². The van der Waals surface area contributed by atoms with Gasteiger partial charge in [0.25, 0.3) is 0 Å². The molecule has 1 heterocycles. The van der Waals surface area contributed by atoms with Gasteiger partial charge in [-0.15, -0.1) is 0 Å². The van der Waals surface area contributed by atoms with E-state index in [1.165, 1.54) is 32.1 Å². The highest BCUT2D eigenvalue weighted by Gasteiger charge is 2.35. The average Bonchev–Trinajstić information content (AvgIpc) is 3.06. The van der Waals surface area contributed by atoms with Crippen LogP contribution in [-0.2, 0) is 0 Å². The first-order valence-electron chi connectivity index (χ1n) is 7.60. The van der Waals surface area contributed by atoms with Gasteiger partial charge >= 0.3 is 0 Å². The molecular formula is C16H22BrFN2. The smallest absolute Gasteiger partial charge is 0.139 e. The van der Waals surface area contributed by atoms with Gasteiger partial charge in [-0.2, -0.15) is 0 Å². The first kappa shape index (κ1) is 14.3. The van der Waals surface area contributed by atoms with Crippen LogP contribution in [0.3, 0.4) is 0 Å². The van der Waals surface area contributed by atoms with E-state index >= 15 is 0 Å². The summed E-state index contributed by atoms with van der Waals surface area (Å²) < 4.78 is 14.3. The molecule has 1 saturated carbocycles. The van der Waals surface area contributed by atoms with Crippen LogP contribution >= 0.6 is 15.9 Å². The molecule has 1 aliphatic carbocycles. The van der Waals surface area contributed by atoms with Gasteiger partial charge in [0.15, 0.2) is 0 Å². The van der Waals surface area contributed by atoms with Crippen molar-refractivity contribution in [2.75, 3.05) is 11.9 Å². The highest BCUT2D eigenvalue weighted by molar-refractivity contribution is 9.10. The van der Waals surface area contributed by atoms with E-state index in [9.17, 15) is 4.39 Å². The molecule has 0 bridgehead atoms. The summed E-state index contributed by atoms with van der Waals surface area (Å²) in [6, 6.07) is 4.60. The third-order valence-corrected chi connectivity index (χ3v) is 5.40. The van der Waals surface area contributed by atoms with Gasteiger partial charge in [-0.25, -0.2) is 4.39 Å². The van der Waals surface area contributed by atoms with Gasteiger partial charge in [0.2, 0.25) is 0 Å². The molecule has 0 spiro atoms. The van der Waals surface area contributed by atoms with Gasteiger partial charge in [-0.1, -0.05) is 6.42 Å². The van der Waals surface area contributed by atoms with Crippen LogP contribution in [0, 0.1) is 18.7 Å². The van der Waals surface area contributed by atoms with Gasteiger partial charge in [0.05, 0.1) is 4.47 Å². The molecule has 2 N–H and O–H groups in total. The first-order chi connectivity index (χ1) is 9.65. The van der Waals surface area contributed by atoms with Crippen molar-refractivity contribution in [3.63, 3.8) is 0 Å². The summed E-state index contributed by atoms with van der Waals surface area (Å²) in [6.07, 6.45) is 6.34. The number of aryl methyl sites for hydroxylation is 1. The Bertz CT molecular complexity index is 486. The lowest BCUT2D eigenvalue weighted by Crippen LogP contribution is -2.38. The van der Waals surface area contributed by atoms with Gasteiger partial charge < -0.3 is 10.6 Å². The summed E-state index contributed by atoms with van der Waals surface area (Å²) >= 11 is 3.25. The maximum atomic E-state index is 13.7. The minimum atomic E-state index is -0.188. The summed E-state index contributed by atoms with van der Waals surface area (Å²) in [4.78, 5) is 0. The molecule has 0 aromatic heterocycles. The van der Waals surface area contributed by atoms with Gasteiger partial charge in [0, 0.05) is 17.8 Å². The number of anilines is 1.